The normalized spacial score (nSPS) is 17.3. The summed E-state index contributed by atoms with van der Waals surface area (Å²) < 4.78 is 2.00. The van der Waals surface area contributed by atoms with Crippen LogP contribution in [0.25, 0.3) is 0 Å². The zero-order valence-corrected chi connectivity index (χ0v) is 16.6. The monoisotopic (exact) mass is 380 g/mol. The molecule has 4 rings (SSSR count). The van der Waals surface area contributed by atoms with Crippen LogP contribution in [0.4, 0.5) is 0 Å². The Labute approximate surface area is 163 Å². The van der Waals surface area contributed by atoms with E-state index in [1.165, 1.54) is 0 Å². The topological polar surface area (TPSA) is 51.0 Å². The Kier molecular flexibility index (Phi) is 5.07. The fraction of sp³-hybridized carbons (Fsp3) is 0.381. The van der Waals surface area contributed by atoms with Crippen LogP contribution in [-0.2, 0) is 6.54 Å². The summed E-state index contributed by atoms with van der Waals surface area (Å²) in [4.78, 5) is 19.6. The highest BCUT2D eigenvalue weighted by atomic mass is 32.1. The minimum atomic E-state index is 0.104. The molecule has 1 aliphatic rings. The van der Waals surface area contributed by atoms with E-state index in [0.717, 1.165) is 59.9 Å². The fourth-order valence-electron chi connectivity index (χ4n) is 3.76. The van der Waals surface area contributed by atoms with Gasteiger partial charge < -0.3 is 4.90 Å². The average Bonchev–Trinajstić information content (AvgIpc) is 3.32. The first-order valence-electron chi connectivity index (χ1n) is 9.42. The van der Waals surface area contributed by atoms with Crippen LogP contribution in [0, 0.1) is 13.8 Å². The van der Waals surface area contributed by atoms with Crippen LogP contribution in [0.2, 0.25) is 0 Å². The molecule has 5 nitrogen and oxygen atoms in total. The zero-order valence-electron chi connectivity index (χ0n) is 15.8. The average molecular weight is 381 g/mol. The van der Waals surface area contributed by atoms with Crippen LogP contribution < -0.4 is 0 Å². The highest BCUT2D eigenvalue weighted by Crippen LogP contribution is 2.33. The second-order valence-electron chi connectivity index (χ2n) is 7.16. The summed E-state index contributed by atoms with van der Waals surface area (Å²) in [5.41, 5.74) is 4.06. The molecule has 0 saturated carbocycles. The van der Waals surface area contributed by atoms with Crippen LogP contribution in [-0.4, -0.2) is 32.1 Å². The van der Waals surface area contributed by atoms with Gasteiger partial charge in [0.15, 0.2) is 0 Å². The molecule has 140 valence electrons. The molecule has 3 aromatic rings. The minimum Gasteiger partial charge on any atom is -0.329 e. The fourth-order valence-corrected chi connectivity index (χ4v) is 4.54. The number of aromatic nitrogens is 3. The lowest BCUT2D eigenvalue weighted by molar-refractivity contribution is 0.0611. The maximum absolute atomic E-state index is 13.1. The Balaban J connectivity index is 1.50. The van der Waals surface area contributed by atoms with Gasteiger partial charge in [0, 0.05) is 29.4 Å². The van der Waals surface area contributed by atoms with Crippen LogP contribution in [0.3, 0.4) is 0 Å². The van der Waals surface area contributed by atoms with Crippen molar-refractivity contribution in [3.63, 3.8) is 0 Å². The third-order valence-electron chi connectivity index (χ3n) is 5.14. The number of thiazole rings is 1. The van der Waals surface area contributed by atoms with Gasteiger partial charge in [0.25, 0.3) is 5.91 Å². The van der Waals surface area contributed by atoms with Gasteiger partial charge in [-0.2, -0.15) is 5.10 Å². The van der Waals surface area contributed by atoms with Crippen LogP contribution in [0.1, 0.15) is 57.6 Å². The third-order valence-corrected chi connectivity index (χ3v) is 6.01. The quantitative estimate of drug-likeness (QED) is 0.675. The predicted octanol–water partition coefficient (Wildman–Crippen LogP) is 4.37. The predicted molar refractivity (Wildman–Crippen MR) is 107 cm³/mol. The van der Waals surface area contributed by atoms with E-state index in [-0.39, 0.29) is 11.9 Å². The number of amides is 1. The van der Waals surface area contributed by atoms with Crippen molar-refractivity contribution in [1.82, 2.24) is 19.7 Å². The van der Waals surface area contributed by atoms with Crippen LogP contribution in [0.15, 0.2) is 41.9 Å². The number of carbonyl (C=O) groups excluding carboxylic acids is 1. The Morgan fingerprint density at radius 3 is 2.70 bits per heavy atom. The van der Waals surface area contributed by atoms with Crippen molar-refractivity contribution < 1.29 is 4.79 Å². The van der Waals surface area contributed by atoms with Crippen molar-refractivity contribution >= 4 is 17.2 Å². The number of piperidine rings is 1. The lowest BCUT2D eigenvalue weighted by Gasteiger charge is -2.34. The van der Waals surface area contributed by atoms with Gasteiger partial charge in [-0.15, -0.1) is 11.3 Å². The number of nitrogens with zero attached hydrogens (tertiary/aromatic N) is 4. The first-order valence-corrected chi connectivity index (χ1v) is 10.3. The van der Waals surface area contributed by atoms with E-state index < -0.39 is 0 Å². The van der Waals surface area contributed by atoms with Crippen molar-refractivity contribution in [3.05, 3.63) is 69.4 Å². The van der Waals surface area contributed by atoms with Gasteiger partial charge in [-0.05, 0) is 56.9 Å². The van der Waals surface area contributed by atoms with Gasteiger partial charge in [-0.3, -0.25) is 9.48 Å². The van der Waals surface area contributed by atoms with E-state index in [1.807, 2.05) is 52.3 Å². The van der Waals surface area contributed by atoms with E-state index in [4.69, 9.17) is 0 Å². The van der Waals surface area contributed by atoms with E-state index >= 15 is 0 Å². The standard InChI is InChI=1S/C21H24N4OS/c1-15-13-16(2)25(23-15)14-17-6-8-18(9-7-17)21(26)24-11-4-3-5-19(24)20-22-10-12-27-20/h6-10,12-13,19H,3-5,11,14H2,1-2H3. The third kappa shape index (κ3) is 3.81. The van der Waals surface area contributed by atoms with Gasteiger partial charge in [0.2, 0.25) is 0 Å². The zero-order chi connectivity index (χ0) is 18.8. The molecule has 1 unspecified atom stereocenters. The highest BCUT2D eigenvalue weighted by molar-refractivity contribution is 7.09. The molecular formula is C21H24N4OS. The van der Waals surface area contributed by atoms with Crippen LogP contribution >= 0.6 is 11.3 Å². The van der Waals surface area contributed by atoms with Gasteiger partial charge in [-0.25, -0.2) is 4.98 Å². The number of hydrogen-bond acceptors (Lipinski definition) is 4. The first-order chi connectivity index (χ1) is 13.1. The molecule has 0 N–H and O–H groups in total. The summed E-state index contributed by atoms with van der Waals surface area (Å²) in [6.45, 7) is 5.59. The molecule has 0 aliphatic carbocycles. The molecule has 27 heavy (non-hydrogen) atoms. The van der Waals surface area contributed by atoms with Crippen molar-refractivity contribution in [2.45, 2.75) is 45.7 Å². The van der Waals surface area contributed by atoms with Crippen molar-refractivity contribution in [2.24, 2.45) is 0 Å². The number of rotatable bonds is 4. The van der Waals surface area contributed by atoms with Crippen molar-refractivity contribution in [1.29, 1.82) is 0 Å². The Morgan fingerprint density at radius 1 is 1.22 bits per heavy atom. The SMILES string of the molecule is Cc1cc(C)n(Cc2ccc(C(=O)N3CCCCC3c3nccs3)cc2)n1. The van der Waals surface area contributed by atoms with E-state index in [2.05, 4.69) is 23.1 Å². The number of carbonyl (C=O) groups is 1. The van der Waals surface area contributed by atoms with Gasteiger partial charge >= 0.3 is 0 Å². The number of benzene rings is 1. The Morgan fingerprint density at radius 2 is 2.04 bits per heavy atom. The van der Waals surface area contributed by atoms with E-state index in [1.54, 1.807) is 11.3 Å². The summed E-state index contributed by atoms with van der Waals surface area (Å²) in [6.07, 6.45) is 5.03. The maximum atomic E-state index is 13.1. The van der Waals surface area contributed by atoms with E-state index in [9.17, 15) is 4.79 Å². The summed E-state index contributed by atoms with van der Waals surface area (Å²) in [6, 6.07) is 10.1. The smallest absolute Gasteiger partial charge is 0.254 e. The second-order valence-corrected chi connectivity index (χ2v) is 8.09. The van der Waals surface area contributed by atoms with Crippen LogP contribution in [0.5, 0.6) is 0 Å². The largest absolute Gasteiger partial charge is 0.329 e. The molecule has 1 fully saturated rings. The number of aryl methyl sites for hydroxylation is 2. The molecule has 3 heterocycles. The second kappa shape index (κ2) is 7.64. The lowest BCUT2D eigenvalue weighted by Crippen LogP contribution is -2.38. The van der Waals surface area contributed by atoms with Crippen molar-refractivity contribution in [2.75, 3.05) is 6.54 Å². The molecule has 1 amide bonds. The molecule has 2 aromatic heterocycles. The molecule has 0 bridgehead atoms. The van der Waals surface area contributed by atoms with Gasteiger partial charge in [-0.1, -0.05) is 12.1 Å². The summed E-state index contributed by atoms with van der Waals surface area (Å²) in [5, 5.41) is 7.54. The molecule has 1 aromatic carbocycles. The molecule has 1 atom stereocenters. The molecule has 6 heteroatoms. The van der Waals surface area contributed by atoms with Gasteiger partial charge in [0.05, 0.1) is 18.3 Å². The minimum absolute atomic E-state index is 0.104. The Bertz CT molecular complexity index is 914. The summed E-state index contributed by atoms with van der Waals surface area (Å²) in [7, 11) is 0. The maximum Gasteiger partial charge on any atom is 0.254 e. The summed E-state index contributed by atoms with van der Waals surface area (Å²) in [5.74, 6) is 0.104. The molecular weight excluding hydrogens is 356 g/mol. The number of hydrogen-bond donors (Lipinski definition) is 0. The first kappa shape index (κ1) is 17.9. The lowest BCUT2D eigenvalue weighted by atomic mass is 10.0. The molecule has 1 aliphatic heterocycles. The molecule has 0 spiro atoms. The van der Waals surface area contributed by atoms with Gasteiger partial charge in [0.1, 0.15) is 5.01 Å². The Hall–Kier alpha value is -2.47. The number of likely N-dealkylation sites (tertiary alicyclic amines) is 1. The molecule has 0 radical (unpaired) electrons. The van der Waals surface area contributed by atoms with E-state index in [0.29, 0.717) is 0 Å². The highest BCUT2D eigenvalue weighted by Gasteiger charge is 2.30. The van der Waals surface area contributed by atoms with Crippen molar-refractivity contribution in [3.8, 4) is 0 Å². The summed E-state index contributed by atoms with van der Waals surface area (Å²) >= 11 is 1.64. The molecule has 1 saturated heterocycles.